The van der Waals surface area contributed by atoms with E-state index >= 15 is 0 Å². The molecule has 1 aromatic heterocycles. The molecule has 2 aliphatic rings. The van der Waals surface area contributed by atoms with Crippen LogP contribution in [0.1, 0.15) is 52.8 Å². The Kier molecular flexibility index (Phi) is 10.8. The highest BCUT2D eigenvalue weighted by atomic mass is 19.4. The number of aliphatic hydroxyl groups is 2. The summed E-state index contributed by atoms with van der Waals surface area (Å²) in [6.45, 7) is 2.65. The molecule has 4 atom stereocenters. The molecule has 5 rings (SSSR count). The monoisotopic (exact) mass is 718 g/mol. The van der Waals surface area contributed by atoms with Crippen LogP contribution in [0.2, 0.25) is 0 Å². The van der Waals surface area contributed by atoms with Crippen LogP contribution in [0.3, 0.4) is 0 Å². The quantitative estimate of drug-likeness (QED) is 0.119. The second-order valence-corrected chi connectivity index (χ2v) is 12.8. The maximum Gasteiger partial charge on any atom is 0.416 e. The number of hydrogen-bond donors (Lipinski definition) is 3. The van der Waals surface area contributed by atoms with Crippen molar-refractivity contribution in [2.75, 3.05) is 25.2 Å². The molecular formula is C37H36F6N2O6. The van der Waals surface area contributed by atoms with E-state index in [1.807, 2.05) is 6.08 Å². The molecule has 51 heavy (non-hydrogen) atoms. The van der Waals surface area contributed by atoms with E-state index in [0.717, 1.165) is 5.56 Å². The molecule has 2 heterocycles. The molecule has 2 amide bonds. The van der Waals surface area contributed by atoms with E-state index in [2.05, 4.69) is 4.98 Å². The minimum Gasteiger partial charge on any atom is -0.507 e. The van der Waals surface area contributed by atoms with Crippen LogP contribution >= 0.6 is 0 Å². The number of benzene rings is 2. The number of aromatic hydroxyl groups is 1. The molecule has 1 saturated heterocycles. The van der Waals surface area contributed by atoms with E-state index in [9.17, 15) is 51.3 Å². The van der Waals surface area contributed by atoms with Crippen molar-refractivity contribution in [3.05, 3.63) is 99.4 Å². The van der Waals surface area contributed by atoms with Crippen LogP contribution in [0, 0.1) is 31.6 Å². The highest BCUT2D eigenvalue weighted by Crippen LogP contribution is 2.48. The molecule has 8 nitrogen and oxygen atoms in total. The van der Waals surface area contributed by atoms with Crippen molar-refractivity contribution in [1.82, 2.24) is 4.98 Å². The Bertz CT molecular complexity index is 1820. The number of carbonyl (C=O) groups excluding carboxylic acids is 2. The summed E-state index contributed by atoms with van der Waals surface area (Å²) in [5, 5.41) is 32.6. The number of aryl methyl sites for hydroxylation is 2. The van der Waals surface area contributed by atoms with E-state index in [-0.39, 0.29) is 43.3 Å². The van der Waals surface area contributed by atoms with Gasteiger partial charge in [-0.25, -0.2) is 4.90 Å². The van der Waals surface area contributed by atoms with E-state index in [4.69, 9.17) is 4.74 Å². The Labute approximate surface area is 289 Å². The fraction of sp³-hybridized carbons (Fsp3) is 0.378. The molecular weight excluding hydrogens is 682 g/mol. The lowest BCUT2D eigenvalue weighted by molar-refractivity contribution is -0.143. The molecule has 2 aromatic carbocycles. The molecule has 0 spiro atoms. The molecule has 0 saturated carbocycles. The normalized spacial score (nSPS) is 20.6. The number of alkyl halides is 6. The molecule has 14 heteroatoms. The van der Waals surface area contributed by atoms with Gasteiger partial charge >= 0.3 is 12.4 Å². The number of imide groups is 1. The van der Waals surface area contributed by atoms with Gasteiger partial charge in [0, 0.05) is 19.2 Å². The van der Waals surface area contributed by atoms with Crippen LogP contribution in [0.25, 0.3) is 11.6 Å². The molecule has 3 N–H and O–H groups in total. The Morgan fingerprint density at radius 3 is 2.16 bits per heavy atom. The molecule has 1 aliphatic heterocycles. The summed E-state index contributed by atoms with van der Waals surface area (Å²) >= 11 is 0. The zero-order chi connectivity index (χ0) is 37.4. The number of fused-ring (bicyclic) bond motifs is 1. The summed E-state index contributed by atoms with van der Waals surface area (Å²) in [5.41, 5.74) is -0.259. The lowest BCUT2D eigenvalue weighted by Gasteiger charge is -2.36. The molecule has 1 fully saturated rings. The van der Waals surface area contributed by atoms with E-state index in [1.165, 1.54) is 7.11 Å². The summed E-state index contributed by atoms with van der Waals surface area (Å²) in [6, 6.07) is 9.44. The minimum absolute atomic E-state index is 0.0450. The number of carbonyl (C=O) groups is 2. The van der Waals surface area contributed by atoms with Crippen molar-refractivity contribution < 1.29 is 56.0 Å². The number of nitrogens with zero attached hydrogens (tertiary/aromatic N) is 2. The number of hydrogen-bond acceptors (Lipinski definition) is 7. The van der Waals surface area contributed by atoms with E-state index in [0.29, 0.717) is 45.0 Å². The maximum atomic E-state index is 13.9. The van der Waals surface area contributed by atoms with Crippen LogP contribution < -0.4 is 4.90 Å². The number of phenolic OH excluding ortho intramolecular Hbond substituents is 1. The third-order valence-electron chi connectivity index (χ3n) is 9.42. The molecule has 0 bridgehead atoms. The van der Waals surface area contributed by atoms with Crippen molar-refractivity contribution in [3.8, 4) is 5.75 Å². The van der Waals surface area contributed by atoms with Gasteiger partial charge < -0.3 is 20.1 Å². The number of rotatable bonds is 10. The Hall–Kier alpha value is -4.53. The first kappa shape index (κ1) is 37.7. The van der Waals surface area contributed by atoms with Gasteiger partial charge in [-0.2, -0.15) is 26.3 Å². The number of aromatic nitrogens is 1. The van der Waals surface area contributed by atoms with E-state index < -0.39 is 71.4 Å². The second kappa shape index (κ2) is 14.6. The fourth-order valence-corrected chi connectivity index (χ4v) is 7.14. The first-order valence-corrected chi connectivity index (χ1v) is 16.0. The largest absolute Gasteiger partial charge is 0.507 e. The molecule has 272 valence electrons. The highest BCUT2D eigenvalue weighted by Gasteiger charge is 2.56. The van der Waals surface area contributed by atoms with Crippen molar-refractivity contribution in [3.63, 3.8) is 0 Å². The van der Waals surface area contributed by atoms with Gasteiger partial charge in [-0.1, -0.05) is 6.07 Å². The van der Waals surface area contributed by atoms with Gasteiger partial charge in [0.15, 0.2) is 0 Å². The van der Waals surface area contributed by atoms with Gasteiger partial charge in [-0.05, 0) is 115 Å². The number of allylic oxidation sites excluding steroid dienone is 1. The number of methoxy groups -OCH3 is 1. The standard InChI is InChI=1S/C37H36F6N2O6/c1-19-10-21(11-20(2)33(19)48)12-22(29-6-4-5-9-44-29)7-8-30(47)31-23(18-51-3)13-27-32(28(31)17-46)35(50)45(34(27)49)26-15-24(36(38,39)40)14-25(16-26)37(41,42)43/h4-6,9-12,14-16,27-28,30,32,46-48H,7-8,13,17-18H2,1-3H3/b22-12-/t27-,28+,30-,32-/m1/s1. The molecule has 1 aliphatic carbocycles. The predicted molar refractivity (Wildman–Crippen MR) is 175 cm³/mol. The summed E-state index contributed by atoms with van der Waals surface area (Å²) in [5.74, 6) is -5.72. The third kappa shape index (κ3) is 7.72. The number of pyridine rings is 1. The summed E-state index contributed by atoms with van der Waals surface area (Å²) in [7, 11) is 1.36. The number of anilines is 1. The van der Waals surface area contributed by atoms with E-state index in [1.54, 1.807) is 50.4 Å². The van der Waals surface area contributed by atoms with Crippen LogP contribution in [-0.2, 0) is 26.7 Å². The van der Waals surface area contributed by atoms with Crippen LogP contribution in [0.4, 0.5) is 32.0 Å². The van der Waals surface area contributed by atoms with Gasteiger partial charge in [0.2, 0.25) is 11.8 Å². The summed E-state index contributed by atoms with van der Waals surface area (Å²) < 4.78 is 87.3. The van der Waals surface area contributed by atoms with Gasteiger partial charge in [-0.15, -0.1) is 0 Å². The number of aliphatic hydroxyl groups excluding tert-OH is 2. The number of phenols is 1. The smallest absolute Gasteiger partial charge is 0.416 e. The van der Waals surface area contributed by atoms with Crippen LogP contribution in [0.5, 0.6) is 5.75 Å². The van der Waals surface area contributed by atoms with Gasteiger partial charge in [0.25, 0.3) is 0 Å². The number of ether oxygens (including phenoxy) is 1. The van der Waals surface area contributed by atoms with Crippen molar-refractivity contribution in [2.24, 2.45) is 17.8 Å². The average molecular weight is 719 g/mol. The lowest BCUT2D eigenvalue weighted by Crippen LogP contribution is -2.39. The molecule has 0 unspecified atom stereocenters. The van der Waals surface area contributed by atoms with Crippen molar-refractivity contribution >= 4 is 29.2 Å². The SMILES string of the molecule is COCC1=C([C@H](O)CC/C(=C/c2cc(C)c(O)c(C)c2)c2ccccn2)[C@H](CO)[C@@H]2C(=O)N(c3cc(C(F)(F)F)cc(C(F)(F)F)c3)C(=O)[C@@H]2C1. The summed E-state index contributed by atoms with van der Waals surface area (Å²) in [4.78, 5) is 32.3. The molecule has 0 radical (unpaired) electrons. The topological polar surface area (TPSA) is 120 Å². The Balaban J connectivity index is 1.50. The second-order valence-electron chi connectivity index (χ2n) is 12.8. The fourth-order valence-electron chi connectivity index (χ4n) is 7.14. The highest BCUT2D eigenvalue weighted by molar-refractivity contribution is 6.22. The maximum absolute atomic E-state index is 13.9. The van der Waals surface area contributed by atoms with Crippen molar-refractivity contribution in [1.29, 1.82) is 0 Å². The van der Waals surface area contributed by atoms with Crippen molar-refractivity contribution in [2.45, 2.75) is 51.6 Å². The third-order valence-corrected chi connectivity index (χ3v) is 9.42. The van der Waals surface area contributed by atoms with Gasteiger partial charge in [0.1, 0.15) is 5.75 Å². The number of halogens is 6. The van der Waals surface area contributed by atoms with Crippen LogP contribution in [0.15, 0.2) is 65.9 Å². The Morgan fingerprint density at radius 2 is 1.63 bits per heavy atom. The Morgan fingerprint density at radius 1 is 1.00 bits per heavy atom. The first-order chi connectivity index (χ1) is 24.0. The van der Waals surface area contributed by atoms with Gasteiger partial charge in [-0.3, -0.25) is 14.6 Å². The zero-order valence-corrected chi connectivity index (χ0v) is 27.8. The van der Waals surface area contributed by atoms with Gasteiger partial charge in [0.05, 0.1) is 53.7 Å². The number of amides is 2. The first-order valence-electron chi connectivity index (χ1n) is 16.0. The zero-order valence-electron chi connectivity index (χ0n) is 27.8. The minimum atomic E-state index is -5.21. The van der Waals surface area contributed by atoms with Crippen LogP contribution in [-0.4, -0.2) is 58.5 Å². The summed E-state index contributed by atoms with van der Waals surface area (Å²) in [6.07, 6.45) is -8.16. The molecule has 3 aromatic rings. The lowest BCUT2D eigenvalue weighted by atomic mass is 9.68. The average Bonchev–Trinajstić information content (AvgIpc) is 3.32. The predicted octanol–water partition coefficient (Wildman–Crippen LogP) is 6.88.